The Morgan fingerprint density at radius 2 is 2.42 bits per heavy atom. The van der Waals surface area contributed by atoms with Crippen LogP contribution in [0.5, 0.6) is 0 Å². The van der Waals surface area contributed by atoms with Gasteiger partial charge >= 0.3 is 0 Å². The highest BCUT2D eigenvalue weighted by atomic mass is 32.2. The predicted octanol–water partition coefficient (Wildman–Crippen LogP) is 2.17. The number of hydrogen-bond donors (Lipinski definition) is 1. The van der Waals surface area contributed by atoms with Crippen molar-refractivity contribution in [3.63, 3.8) is 0 Å². The van der Waals surface area contributed by atoms with E-state index in [0.717, 1.165) is 25.9 Å². The second-order valence-corrected chi connectivity index (χ2v) is 7.75. The lowest BCUT2D eigenvalue weighted by Gasteiger charge is -2.15. The van der Waals surface area contributed by atoms with Crippen LogP contribution in [0.1, 0.15) is 31.7 Å². The molecule has 1 aliphatic heterocycles. The molecule has 4 nitrogen and oxygen atoms in total. The van der Waals surface area contributed by atoms with Crippen LogP contribution in [-0.4, -0.2) is 32.9 Å². The molecule has 19 heavy (non-hydrogen) atoms. The first kappa shape index (κ1) is 15.0. The number of hydrogen-bond acceptors (Lipinski definition) is 4. The van der Waals surface area contributed by atoms with Crippen molar-refractivity contribution < 1.29 is 13.2 Å². The minimum Gasteiger partial charge on any atom is -0.378 e. The van der Waals surface area contributed by atoms with Gasteiger partial charge in [0.2, 0.25) is 10.0 Å². The first-order chi connectivity index (χ1) is 9.05. The minimum absolute atomic E-state index is 0.0657. The second-order valence-electron chi connectivity index (χ2n) is 5.10. The lowest BCUT2D eigenvalue weighted by atomic mass is 10.1. The van der Waals surface area contributed by atoms with E-state index in [0.29, 0.717) is 6.42 Å². The van der Waals surface area contributed by atoms with Crippen molar-refractivity contribution in [3.8, 4) is 0 Å². The Morgan fingerprint density at radius 3 is 3.05 bits per heavy atom. The fraction of sp³-hybridized carbons (Fsp3) is 0.692. The fourth-order valence-corrected chi connectivity index (χ4v) is 4.40. The number of thiophene rings is 1. The Labute approximate surface area is 119 Å². The zero-order valence-corrected chi connectivity index (χ0v) is 12.8. The van der Waals surface area contributed by atoms with Crippen LogP contribution in [0.15, 0.2) is 16.8 Å². The van der Waals surface area contributed by atoms with Gasteiger partial charge in [-0.05, 0) is 55.0 Å². The first-order valence-corrected chi connectivity index (χ1v) is 9.27. The molecule has 1 saturated heterocycles. The maximum absolute atomic E-state index is 12.0. The fourth-order valence-electron chi connectivity index (χ4n) is 2.33. The molecule has 1 N–H and O–H groups in total. The summed E-state index contributed by atoms with van der Waals surface area (Å²) in [5, 5.41) is 4.06. The van der Waals surface area contributed by atoms with E-state index in [1.165, 1.54) is 5.56 Å². The molecule has 0 bridgehead atoms. The number of sulfonamides is 1. The third kappa shape index (κ3) is 5.22. The molecule has 0 spiro atoms. The van der Waals surface area contributed by atoms with Crippen LogP contribution in [0.4, 0.5) is 0 Å². The van der Waals surface area contributed by atoms with Gasteiger partial charge in [-0.25, -0.2) is 13.1 Å². The average Bonchev–Trinajstić information content (AvgIpc) is 2.97. The van der Waals surface area contributed by atoms with Crippen molar-refractivity contribution in [1.29, 1.82) is 0 Å². The highest BCUT2D eigenvalue weighted by Gasteiger charge is 2.20. The summed E-state index contributed by atoms with van der Waals surface area (Å²) in [7, 11) is -3.20. The van der Waals surface area contributed by atoms with Crippen LogP contribution in [-0.2, 0) is 21.2 Å². The van der Waals surface area contributed by atoms with Gasteiger partial charge in [-0.15, -0.1) is 0 Å². The third-order valence-electron chi connectivity index (χ3n) is 3.24. The van der Waals surface area contributed by atoms with Gasteiger partial charge in [0.25, 0.3) is 0 Å². The monoisotopic (exact) mass is 303 g/mol. The van der Waals surface area contributed by atoms with Gasteiger partial charge in [-0.1, -0.05) is 0 Å². The van der Waals surface area contributed by atoms with Gasteiger partial charge in [0.05, 0.1) is 11.9 Å². The van der Waals surface area contributed by atoms with E-state index >= 15 is 0 Å². The lowest BCUT2D eigenvalue weighted by Crippen LogP contribution is -2.36. The molecule has 1 aromatic heterocycles. The van der Waals surface area contributed by atoms with Crippen molar-refractivity contribution in [2.45, 2.75) is 44.8 Å². The van der Waals surface area contributed by atoms with E-state index in [-0.39, 0.29) is 17.9 Å². The summed E-state index contributed by atoms with van der Waals surface area (Å²) in [5.41, 5.74) is 1.18. The highest BCUT2D eigenvalue weighted by Crippen LogP contribution is 2.16. The summed E-state index contributed by atoms with van der Waals surface area (Å²) < 4.78 is 32.1. The first-order valence-electron chi connectivity index (χ1n) is 6.68. The van der Waals surface area contributed by atoms with Crippen LogP contribution >= 0.6 is 11.3 Å². The molecule has 1 fully saturated rings. The van der Waals surface area contributed by atoms with Crippen LogP contribution in [0.25, 0.3) is 0 Å². The average molecular weight is 303 g/mol. The van der Waals surface area contributed by atoms with Crippen molar-refractivity contribution in [2.75, 3.05) is 12.4 Å². The molecular weight excluding hydrogens is 282 g/mol. The van der Waals surface area contributed by atoms with E-state index < -0.39 is 10.0 Å². The molecule has 2 atom stereocenters. The summed E-state index contributed by atoms with van der Waals surface area (Å²) in [4.78, 5) is 0. The van der Waals surface area contributed by atoms with Crippen LogP contribution in [0.2, 0.25) is 0 Å². The second kappa shape index (κ2) is 6.83. The Bertz CT molecular complexity index is 464. The molecule has 1 aromatic rings. The van der Waals surface area contributed by atoms with Crippen LogP contribution in [0.3, 0.4) is 0 Å². The molecule has 0 aliphatic carbocycles. The van der Waals surface area contributed by atoms with Crippen molar-refractivity contribution in [2.24, 2.45) is 0 Å². The molecule has 2 heterocycles. The molecular formula is C13H21NO3S2. The van der Waals surface area contributed by atoms with Gasteiger partial charge in [0, 0.05) is 12.6 Å². The van der Waals surface area contributed by atoms with Crippen molar-refractivity contribution in [1.82, 2.24) is 4.72 Å². The summed E-state index contributed by atoms with van der Waals surface area (Å²) in [5.74, 6) is 0.158. The molecule has 108 valence electrons. The van der Waals surface area contributed by atoms with E-state index in [1.54, 1.807) is 11.3 Å². The lowest BCUT2D eigenvalue weighted by molar-refractivity contribution is 0.108. The van der Waals surface area contributed by atoms with Crippen molar-refractivity contribution in [3.05, 3.63) is 22.4 Å². The third-order valence-corrected chi connectivity index (χ3v) is 5.50. The van der Waals surface area contributed by atoms with E-state index in [2.05, 4.69) is 10.1 Å². The highest BCUT2D eigenvalue weighted by molar-refractivity contribution is 7.89. The molecule has 1 aliphatic rings. The van der Waals surface area contributed by atoms with Crippen LogP contribution < -0.4 is 4.72 Å². The summed E-state index contributed by atoms with van der Waals surface area (Å²) >= 11 is 1.63. The molecule has 0 aromatic carbocycles. The van der Waals surface area contributed by atoms with Crippen LogP contribution in [0, 0.1) is 0 Å². The van der Waals surface area contributed by atoms with E-state index in [9.17, 15) is 8.42 Å². The number of rotatable bonds is 7. The SMILES string of the molecule is CC(Cc1ccsc1)NS(=O)(=O)CCC1CCCO1. The molecule has 2 unspecified atom stereocenters. The molecule has 0 amide bonds. The summed E-state index contributed by atoms with van der Waals surface area (Å²) in [6.07, 6.45) is 3.50. The predicted molar refractivity (Wildman–Crippen MR) is 78.0 cm³/mol. The number of nitrogens with one attached hydrogen (secondary N) is 1. The number of ether oxygens (including phenoxy) is 1. The standard InChI is InChI=1S/C13H21NO3S2/c1-11(9-12-4-7-18-10-12)14-19(15,16)8-5-13-3-2-6-17-13/h4,7,10-11,13-14H,2-3,5-6,8-9H2,1H3. The Balaban J connectivity index is 1.75. The smallest absolute Gasteiger partial charge is 0.211 e. The largest absolute Gasteiger partial charge is 0.378 e. The normalized spacial score (nSPS) is 21.6. The van der Waals surface area contributed by atoms with Gasteiger partial charge in [-0.3, -0.25) is 0 Å². The Hall–Kier alpha value is -0.430. The maximum atomic E-state index is 12.0. The quantitative estimate of drug-likeness (QED) is 0.840. The van der Waals surface area contributed by atoms with E-state index in [4.69, 9.17) is 4.74 Å². The molecule has 2 rings (SSSR count). The zero-order valence-electron chi connectivity index (χ0n) is 11.2. The maximum Gasteiger partial charge on any atom is 0.211 e. The van der Waals surface area contributed by atoms with Gasteiger partial charge in [-0.2, -0.15) is 11.3 Å². The molecule has 0 saturated carbocycles. The Kier molecular flexibility index (Phi) is 5.38. The molecule has 6 heteroatoms. The van der Waals surface area contributed by atoms with E-state index in [1.807, 2.05) is 18.4 Å². The minimum atomic E-state index is -3.20. The van der Waals surface area contributed by atoms with Gasteiger partial charge in [0.1, 0.15) is 0 Å². The van der Waals surface area contributed by atoms with Gasteiger partial charge < -0.3 is 4.74 Å². The van der Waals surface area contributed by atoms with Gasteiger partial charge in [0.15, 0.2) is 0 Å². The molecule has 0 radical (unpaired) electrons. The zero-order chi connectivity index (χ0) is 13.7. The topological polar surface area (TPSA) is 55.4 Å². The Morgan fingerprint density at radius 1 is 1.58 bits per heavy atom. The summed E-state index contributed by atoms with van der Waals surface area (Å²) in [6, 6.07) is 1.96. The van der Waals surface area contributed by atoms with Crippen molar-refractivity contribution >= 4 is 21.4 Å². The summed E-state index contributed by atoms with van der Waals surface area (Å²) in [6.45, 7) is 2.67.